The zero-order valence-corrected chi connectivity index (χ0v) is 12.2. The Bertz CT molecular complexity index is 617. The van der Waals surface area contributed by atoms with Crippen molar-refractivity contribution in [1.82, 2.24) is 0 Å². The molecule has 2 rings (SSSR count). The molecule has 0 saturated carbocycles. The lowest BCUT2D eigenvalue weighted by Crippen LogP contribution is -2.01. The molecular formula is C16H19FN2O2. The van der Waals surface area contributed by atoms with Gasteiger partial charge < -0.3 is 20.5 Å². The largest absolute Gasteiger partial charge is 0.494 e. The maximum Gasteiger partial charge on any atom is 0.142 e. The lowest BCUT2D eigenvalue weighted by atomic mass is 10.2. The molecule has 2 aromatic carbocycles. The van der Waals surface area contributed by atoms with Crippen LogP contribution in [0.3, 0.4) is 0 Å². The van der Waals surface area contributed by atoms with Crippen molar-refractivity contribution < 1.29 is 13.9 Å². The molecule has 2 aromatic rings. The van der Waals surface area contributed by atoms with Crippen molar-refractivity contribution in [1.29, 1.82) is 0 Å². The van der Waals surface area contributed by atoms with Gasteiger partial charge in [0.1, 0.15) is 17.3 Å². The van der Waals surface area contributed by atoms with Crippen LogP contribution >= 0.6 is 0 Å². The van der Waals surface area contributed by atoms with E-state index in [0.29, 0.717) is 30.3 Å². The number of anilines is 3. The Balaban J connectivity index is 2.33. The van der Waals surface area contributed by atoms with Crippen molar-refractivity contribution in [2.45, 2.75) is 13.8 Å². The van der Waals surface area contributed by atoms with Crippen LogP contribution in [0.2, 0.25) is 0 Å². The molecule has 0 unspecified atom stereocenters. The number of ether oxygens (including phenoxy) is 2. The van der Waals surface area contributed by atoms with Crippen molar-refractivity contribution >= 4 is 17.1 Å². The maximum absolute atomic E-state index is 13.1. The minimum atomic E-state index is -0.369. The molecule has 0 aliphatic carbocycles. The normalized spacial score (nSPS) is 10.2. The Morgan fingerprint density at radius 3 is 2.43 bits per heavy atom. The van der Waals surface area contributed by atoms with Crippen LogP contribution in [0, 0.1) is 5.82 Å². The van der Waals surface area contributed by atoms with Crippen molar-refractivity contribution in [3.8, 4) is 11.5 Å². The highest BCUT2D eigenvalue weighted by atomic mass is 19.1. The van der Waals surface area contributed by atoms with Gasteiger partial charge in [0.25, 0.3) is 0 Å². The van der Waals surface area contributed by atoms with E-state index in [2.05, 4.69) is 5.32 Å². The Morgan fingerprint density at radius 2 is 1.76 bits per heavy atom. The number of halogens is 1. The van der Waals surface area contributed by atoms with E-state index in [1.807, 2.05) is 32.0 Å². The third-order valence-electron chi connectivity index (χ3n) is 2.84. The summed E-state index contributed by atoms with van der Waals surface area (Å²) in [6, 6.07) is 9.72. The standard InChI is InChI=1S/C16H19FN2O2/c1-3-20-12-6-8-16(21-4-2)15(10-12)19-14-7-5-11(17)9-13(14)18/h5-10,19H,3-4,18H2,1-2H3. The fourth-order valence-electron chi connectivity index (χ4n) is 1.94. The van der Waals surface area contributed by atoms with Gasteiger partial charge in [0.15, 0.2) is 0 Å². The zero-order chi connectivity index (χ0) is 15.2. The first-order valence-corrected chi connectivity index (χ1v) is 6.85. The van der Waals surface area contributed by atoms with E-state index < -0.39 is 0 Å². The minimum Gasteiger partial charge on any atom is -0.494 e. The Labute approximate surface area is 123 Å². The molecule has 0 aliphatic heterocycles. The molecular weight excluding hydrogens is 271 g/mol. The summed E-state index contributed by atoms with van der Waals surface area (Å²) in [4.78, 5) is 0. The van der Waals surface area contributed by atoms with Gasteiger partial charge in [0.05, 0.1) is 30.3 Å². The second kappa shape index (κ2) is 6.83. The summed E-state index contributed by atoms with van der Waals surface area (Å²) in [5.41, 5.74) is 7.49. The molecule has 0 fully saturated rings. The number of hydrogen-bond donors (Lipinski definition) is 2. The van der Waals surface area contributed by atoms with Crippen molar-refractivity contribution in [2.24, 2.45) is 0 Å². The van der Waals surface area contributed by atoms with Gasteiger partial charge in [-0.1, -0.05) is 0 Å². The minimum absolute atomic E-state index is 0.333. The highest BCUT2D eigenvalue weighted by molar-refractivity contribution is 5.76. The first-order chi connectivity index (χ1) is 10.1. The van der Waals surface area contributed by atoms with Gasteiger partial charge in [-0.2, -0.15) is 0 Å². The van der Waals surface area contributed by atoms with Crippen LogP contribution in [-0.4, -0.2) is 13.2 Å². The molecule has 0 aromatic heterocycles. The average molecular weight is 290 g/mol. The smallest absolute Gasteiger partial charge is 0.142 e. The van der Waals surface area contributed by atoms with E-state index in [4.69, 9.17) is 15.2 Å². The SMILES string of the molecule is CCOc1ccc(OCC)c(Nc2ccc(F)cc2N)c1. The molecule has 0 bridgehead atoms. The topological polar surface area (TPSA) is 56.5 Å². The lowest BCUT2D eigenvalue weighted by Gasteiger charge is -2.15. The maximum atomic E-state index is 13.1. The van der Waals surface area contributed by atoms with E-state index in [0.717, 1.165) is 11.4 Å². The third kappa shape index (κ3) is 3.78. The molecule has 3 N–H and O–H groups in total. The summed E-state index contributed by atoms with van der Waals surface area (Å²) >= 11 is 0. The molecule has 0 amide bonds. The summed E-state index contributed by atoms with van der Waals surface area (Å²) in [5, 5.41) is 3.15. The zero-order valence-electron chi connectivity index (χ0n) is 12.2. The van der Waals surface area contributed by atoms with Crippen LogP contribution in [0.5, 0.6) is 11.5 Å². The number of nitrogens with one attached hydrogen (secondary N) is 1. The highest BCUT2D eigenvalue weighted by Crippen LogP contribution is 2.33. The van der Waals surface area contributed by atoms with Crippen LogP contribution in [0.4, 0.5) is 21.5 Å². The molecule has 4 nitrogen and oxygen atoms in total. The molecule has 112 valence electrons. The molecule has 0 saturated heterocycles. The summed E-state index contributed by atoms with van der Waals surface area (Å²) in [5.74, 6) is 1.04. The highest BCUT2D eigenvalue weighted by Gasteiger charge is 2.08. The fourth-order valence-corrected chi connectivity index (χ4v) is 1.94. The van der Waals surface area contributed by atoms with Gasteiger partial charge in [-0.3, -0.25) is 0 Å². The number of nitrogen functional groups attached to an aromatic ring is 1. The predicted molar refractivity (Wildman–Crippen MR) is 82.9 cm³/mol. The quantitative estimate of drug-likeness (QED) is 0.791. The van der Waals surface area contributed by atoms with Crippen LogP contribution in [0.15, 0.2) is 36.4 Å². The van der Waals surface area contributed by atoms with E-state index in [-0.39, 0.29) is 5.82 Å². The number of benzene rings is 2. The van der Waals surface area contributed by atoms with Gasteiger partial charge in [0, 0.05) is 6.07 Å². The van der Waals surface area contributed by atoms with Gasteiger partial charge in [-0.25, -0.2) is 4.39 Å². The van der Waals surface area contributed by atoms with E-state index in [1.54, 1.807) is 6.07 Å². The summed E-state index contributed by atoms with van der Waals surface area (Å²) in [6.07, 6.45) is 0. The van der Waals surface area contributed by atoms with Gasteiger partial charge in [-0.15, -0.1) is 0 Å². The molecule has 0 aliphatic rings. The summed E-state index contributed by atoms with van der Waals surface area (Å²) in [6.45, 7) is 4.95. The Hall–Kier alpha value is -2.43. The van der Waals surface area contributed by atoms with Crippen molar-refractivity contribution in [3.63, 3.8) is 0 Å². The monoisotopic (exact) mass is 290 g/mol. The molecule has 0 radical (unpaired) electrons. The van der Waals surface area contributed by atoms with Gasteiger partial charge >= 0.3 is 0 Å². The van der Waals surface area contributed by atoms with Crippen molar-refractivity contribution in [3.05, 3.63) is 42.2 Å². The lowest BCUT2D eigenvalue weighted by molar-refractivity contribution is 0.332. The summed E-state index contributed by atoms with van der Waals surface area (Å²) < 4.78 is 24.2. The third-order valence-corrected chi connectivity index (χ3v) is 2.84. The van der Waals surface area contributed by atoms with E-state index in [9.17, 15) is 4.39 Å². The first-order valence-electron chi connectivity index (χ1n) is 6.85. The van der Waals surface area contributed by atoms with E-state index >= 15 is 0 Å². The molecule has 0 atom stereocenters. The van der Waals surface area contributed by atoms with Crippen LogP contribution in [-0.2, 0) is 0 Å². The van der Waals surface area contributed by atoms with Gasteiger partial charge in [-0.05, 0) is 44.2 Å². The molecule has 21 heavy (non-hydrogen) atoms. The molecule has 0 heterocycles. The van der Waals surface area contributed by atoms with Gasteiger partial charge in [0.2, 0.25) is 0 Å². The molecule has 0 spiro atoms. The predicted octanol–water partition coefficient (Wildman–Crippen LogP) is 3.95. The first kappa shape index (κ1) is 15.0. The van der Waals surface area contributed by atoms with Crippen molar-refractivity contribution in [2.75, 3.05) is 24.3 Å². The van der Waals surface area contributed by atoms with E-state index in [1.165, 1.54) is 12.1 Å². The number of hydrogen-bond acceptors (Lipinski definition) is 4. The van der Waals surface area contributed by atoms with Crippen LogP contribution in [0.1, 0.15) is 13.8 Å². The number of nitrogens with two attached hydrogens (primary N) is 1. The second-order valence-corrected chi connectivity index (χ2v) is 4.38. The second-order valence-electron chi connectivity index (χ2n) is 4.38. The molecule has 5 heteroatoms. The average Bonchev–Trinajstić information content (AvgIpc) is 2.45. The number of rotatable bonds is 6. The Kier molecular flexibility index (Phi) is 4.87. The Morgan fingerprint density at radius 1 is 1.00 bits per heavy atom. The summed E-state index contributed by atoms with van der Waals surface area (Å²) in [7, 11) is 0. The van der Waals surface area contributed by atoms with Crippen LogP contribution < -0.4 is 20.5 Å². The fraction of sp³-hybridized carbons (Fsp3) is 0.250. The van der Waals surface area contributed by atoms with Crippen LogP contribution in [0.25, 0.3) is 0 Å².